The second kappa shape index (κ2) is 4.49. The smallest absolute Gasteiger partial charge is 0.262 e. The number of anilines is 2. The third-order valence-corrected chi connectivity index (χ3v) is 3.86. The SMILES string of the molecule is CCn1ccc2cc(N)nc(NC3(CO)CC3)c2c1=O. The van der Waals surface area contributed by atoms with E-state index in [-0.39, 0.29) is 17.7 Å². The van der Waals surface area contributed by atoms with Crippen LogP contribution < -0.4 is 16.6 Å². The van der Waals surface area contributed by atoms with Gasteiger partial charge in [0.1, 0.15) is 11.6 Å². The molecule has 0 spiro atoms. The molecular formula is C14H18N4O2. The summed E-state index contributed by atoms with van der Waals surface area (Å²) in [6.45, 7) is 2.55. The monoisotopic (exact) mass is 274 g/mol. The summed E-state index contributed by atoms with van der Waals surface area (Å²) in [4.78, 5) is 16.7. The number of aryl methyl sites for hydroxylation is 1. The highest BCUT2D eigenvalue weighted by molar-refractivity contribution is 5.93. The third-order valence-electron chi connectivity index (χ3n) is 3.86. The molecule has 1 saturated carbocycles. The molecule has 0 amide bonds. The number of nitrogens with two attached hydrogens (primary N) is 1. The maximum atomic E-state index is 12.5. The summed E-state index contributed by atoms with van der Waals surface area (Å²) in [5, 5.41) is 13.9. The van der Waals surface area contributed by atoms with Gasteiger partial charge in [0.25, 0.3) is 5.56 Å². The van der Waals surface area contributed by atoms with E-state index in [9.17, 15) is 9.90 Å². The number of aliphatic hydroxyl groups is 1. The number of fused-ring (bicyclic) bond motifs is 1. The molecule has 20 heavy (non-hydrogen) atoms. The summed E-state index contributed by atoms with van der Waals surface area (Å²) >= 11 is 0. The fourth-order valence-electron chi connectivity index (χ4n) is 2.39. The van der Waals surface area contributed by atoms with Gasteiger partial charge >= 0.3 is 0 Å². The summed E-state index contributed by atoms with van der Waals surface area (Å²) in [6, 6.07) is 3.56. The molecule has 1 fully saturated rings. The van der Waals surface area contributed by atoms with Gasteiger partial charge < -0.3 is 20.7 Å². The number of nitrogen functional groups attached to an aromatic ring is 1. The number of nitrogens with zero attached hydrogens (tertiary/aromatic N) is 2. The normalized spacial score (nSPS) is 16.3. The van der Waals surface area contributed by atoms with E-state index in [1.54, 1.807) is 16.8 Å². The van der Waals surface area contributed by atoms with Gasteiger partial charge in [0.15, 0.2) is 0 Å². The molecule has 0 aromatic carbocycles. The number of rotatable bonds is 4. The molecule has 0 atom stereocenters. The van der Waals surface area contributed by atoms with Gasteiger partial charge in [0.2, 0.25) is 0 Å². The van der Waals surface area contributed by atoms with E-state index in [1.165, 1.54) is 0 Å². The van der Waals surface area contributed by atoms with Crippen LogP contribution in [0.4, 0.5) is 11.6 Å². The maximum absolute atomic E-state index is 12.5. The lowest BCUT2D eigenvalue weighted by atomic mass is 10.2. The van der Waals surface area contributed by atoms with Crippen LogP contribution in [0.1, 0.15) is 19.8 Å². The number of aromatic nitrogens is 2. The Labute approximate surface area is 116 Å². The first-order chi connectivity index (χ1) is 9.58. The van der Waals surface area contributed by atoms with Gasteiger partial charge in [-0.3, -0.25) is 4.79 Å². The van der Waals surface area contributed by atoms with Crippen molar-refractivity contribution in [1.29, 1.82) is 0 Å². The van der Waals surface area contributed by atoms with E-state index in [0.717, 1.165) is 18.2 Å². The van der Waals surface area contributed by atoms with Gasteiger partial charge in [-0.05, 0) is 37.3 Å². The van der Waals surface area contributed by atoms with Crippen molar-refractivity contribution in [2.75, 3.05) is 17.7 Å². The molecule has 2 aromatic heterocycles. The van der Waals surface area contributed by atoms with Crippen LogP contribution in [0.15, 0.2) is 23.1 Å². The molecule has 6 heteroatoms. The van der Waals surface area contributed by atoms with E-state index in [1.807, 2.05) is 13.0 Å². The number of aliphatic hydroxyl groups excluding tert-OH is 1. The Morgan fingerprint density at radius 3 is 2.90 bits per heavy atom. The average molecular weight is 274 g/mol. The largest absolute Gasteiger partial charge is 0.394 e. The molecule has 0 bridgehead atoms. The second-order valence-electron chi connectivity index (χ2n) is 5.33. The number of hydrogen-bond donors (Lipinski definition) is 3. The Hall–Kier alpha value is -2.08. The molecular weight excluding hydrogens is 256 g/mol. The predicted molar refractivity (Wildman–Crippen MR) is 78.8 cm³/mol. The first kappa shape index (κ1) is 12.9. The van der Waals surface area contributed by atoms with Crippen molar-refractivity contribution >= 4 is 22.4 Å². The highest BCUT2D eigenvalue weighted by atomic mass is 16.3. The van der Waals surface area contributed by atoms with Crippen LogP contribution >= 0.6 is 0 Å². The molecule has 1 aliphatic rings. The molecule has 0 unspecified atom stereocenters. The standard InChI is InChI=1S/C14H18N4O2/c1-2-18-6-3-9-7-10(15)16-12(11(9)13(18)20)17-14(8-19)4-5-14/h3,6-7,19H,2,4-5,8H2,1H3,(H3,15,16,17). The van der Waals surface area contributed by atoms with Gasteiger partial charge in [-0.15, -0.1) is 0 Å². The van der Waals surface area contributed by atoms with Gasteiger partial charge in [-0.2, -0.15) is 0 Å². The van der Waals surface area contributed by atoms with E-state index >= 15 is 0 Å². The van der Waals surface area contributed by atoms with Crippen LogP contribution in [0.3, 0.4) is 0 Å². The van der Waals surface area contributed by atoms with Gasteiger partial charge in [0.05, 0.1) is 17.5 Å². The predicted octanol–water partition coefficient (Wildman–Crippen LogP) is 0.935. The van der Waals surface area contributed by atoms with Gasteiger partial charge in [-0.1, -0.05) is 0 Å². The number of pyridine rings is 2. The zero-order valence-corrected chi connectivity index (χ0v) is 11.4. The lowest BCUT2D eigenvalue weighted by Gasteiger charge is -2.17. The molecule has 106 valence electrons. The minimum atomic E-state index is -0.340. The first-order valence-corrected chi connectivity index (χ1v) is 6.77. The van der Waals surface area contributed by atoms with Crippen molar-refractivity contribution in [3.8, 4) is 0 Å². The molecule has 3 rings (SSSR count). The molecule has 6 nitrogen and oxygen atoms in total. The van der Waals surface area contributed by atoms with Crippen LogP contribution in [-0.2, 0) is 6.54 Å². The quantitative estimate of drug-likeness (QED) is 0.771. The van der Waals surface area contributed by atoms with E-state index in [0.29, 0.717) is 23.6 Å². The third kappa shape index (κ3) is 2.02. The second-order valence-corrected chi connectivity index (χ2v) is 5.33. The highest BCUT2D eigenvalue weighted by Gasteiger charge is 2.42. The summed E-state index contributed by atoms with van der Waals surface area (Å²) in [7, 11) is 0. The molecule has 1 aliphatic carbocycles. The van der Waals surface area contributed by atoms with Crippen molar-refractivity contribution < 1.29 is 5.11 Å². The highest BCUT2D eigenvalue weighted by Crippen LogP contribution is 2.39. The Morgan fingerprint density at radius 2 is 2.30 bits per heavy atom. The summed E-state index contributed by atoms with van der Waals surface area (Å²) < 4.78 is 1.63. The van der Waals surface area contributed by atoms with Crippen LogP contribution in [-0.4, -0.2) is 26.8 Å². The van der Waals surface area contributed by atoms with Crippen molar-refractivity contribution in [3.63, 3.8) is 0 Å². The Morgan fingerprint density at radius 1 is 1.55 bits per heavy atom. The molecule has 0 radical (unpaired) electrons. The molecule has 4 N–H and O–H groups in total. The molecule has 0 aliphatic heterocycles. The van der Waals surface area contributed by atoms with Crippen molar-refractivity contribution in [1.82, 2.24) is 9.55 Å². The lowest BCUT2D eigenvalue weighted by molar-refractivity contribution is 0.266. The fraction of sp³-hybridized carbons (Fsp3) is 0.429. The summed E-state index contributed by atoms with van der Waals surface area (Å²) in [5.41, 5.74) is 5.37. The minimum Gasteiger partial charge on any atom is -0.394 e. The van der Waals surface area contributed by atoms with E-state index in [2.05, 4.69) is 10.3 Å². The Kier molecular flexibility index (Phi) is 2.90. The number of nitrogens with one attached hydrogen (secondary N) is 1. The first-order valence-electron chi connectivity index (χ1n) is 6.77. The Balaban J connectivity index is 2.21. The van der Waals surface area contributed by atoms with Gasteiger partial charge in [-0.25, -0.2) is 4.98 Å². The summed E-state index contributed by atoms with van der Waals surface area (Å²) in [6.07, 6.45) is 3.50. The van der Waals surface area contributed by atoms with E-state index in [4.69, 9.17) is 5.73 Å². The summed E-state index contributed by atoms with van der Waals surface area (Å²) in [5.74, 6) is 0.835. The zero-order chi connectivity index (χ0) is 14.3. The van der Waals surface area contributed by atoms with Crippen molar-refractivity contribution in [2.45, 2.75) is 31.8 Å². The van der Waals surface area contributed by atoms with Crippen LogP contribution in [0.25, 0.3) is 10.8 Å². The fourth-order valence-corrected chi connectivity index (χ4v) is 2.39. The Bertz CT molecular complexity index is 719. The number of hydrogen-bond acceptors (Lipinski definition) is 5. The topological polar surface area (TPSA) is 93.2 Å². The van der Waals surface area contributed by atoms with Crippen LogP contribution in [0.2, 0.25) is 0 Å². The average Bonchev–Trinajstić information content (AvgIpc) is 3.19. The molecule has 2 heterocycles. The minimum absolute atomic E-state index is 0.0276. The van der Waals surface area contributed by atoms with Crippen LogP contribution in [0.5, 0.6) is 0 Å². The zero-order valence-electron chi connectivity index (χ0n) is 11.4. The van der Waals surface area contributed by atoms with E-state index < -0.39 is 0 Å². The van der Waals surface area contributed by atoms with Crippen molar-refractivity contribution in [2.24, 2.45) is 0 Å². The van der Waals surface area contributed by atoms with Crippen molar-refractivity contribution in [3.05, 3.63) is 28.7 Å². The lowest BCUT2D eigenvalue weighted by Crippen LogP contribution is -2.28. The van der Waals surface area contributed by atoms with Gasteiger partial charge in [0, 0.05) is 12.7 Å². The molecule has 0 saturated heterocycles. The maximum Gasteiger partial charge on any atom is 0.262 e. The molecule has 2 aromatic rings. The van der Waals surface area contributed by atoms with Crippen LogP contribution in [0, 0.1) is 0 Å².